The molecule has 8 heteroatoms. The van der Waals surface area contributed by atoms with Crippen LogP contribution in [0, 0.1) is 0 Å². The summed E-state index contributed by atoms with van der Waals surface area (Å²) in [7, 11) is 0. The molecule has 1 heterocycles. The minimum absolute atomic E-state index is 0.00643. The number of carbonyl (C=O) groups is 3. The molecule has 0 spiro atoms. The summed E-state index contributed by atoms with van der Waals surface area (Å²) in [5.41, 5.74) is 0.536. The Morgan fingerprint density at radius 2 is 1.86 bits per heavy atom. The van der Waals surface area contributed by atoms with E-state index in [0.29, 0.717) is 12.2 Å². The molecular weight excluding hydrogens is 406 g/mol. The number of thioether (sulfide) groups is 1. The number of carbonyl (C=O) groups excluding carboxylic acids is 3. The van der Waals surface area contributed by atoms with Gasteiger partial charge in [-0.25, -0.2) is 0 Å². The fourth-order valence-electron chi connectivity index (χ4n) is 3.60. The van der Waals surface area contributed by atoms with Crippen molar-refractivity contribution >= 4 is 46.5 Å². The quantitative estimate of drug-likeness (QED) is 0.464. The highest BCUT2D eigenvalue weighted by molar-refractivity contribution is 7.98. The zero-order chi connectivity index (χ0) is 20.7. The van der Waals surface area contributed by atoms with Gasteiger partial charge in [-0.15, -0.1) is 23.1 Å². The summed E-state index contributed by atoms with van der Waals surface area (Å²) in [6.45, 7) is 0.327. The lowest BCUT2D eigenvalue weighted by atomic mass is 9.84. The van der Waals surface area contributed by atoms with Crippen LogP contribution in [-0.4, -0.2) is 37.1 Å². The minimum Gasteiger partial charge on any atom is -0.354 e. The van der Waals surface area contributed by atoms with Gasteiger partial charge in [0.15, 0.2) is 0 Å². The van der Waals surface area contributed by atoms with Crippen LogP contribution in [0.5, 0.6) is 0 Å². The van der Waals surface area contributed by atoms with E-state index >= 15 is 0 Å². The first-order valence-corrected chi connectivity index (χ1v) is 11.7. The third kappa shape index (κ3) is 5.61. The van der Waals surface area contributed by atoms with Crippen molar-refractivity contribution in [1.82, 2.24) is 10.6 Å². The van der Waals surface area contributed by atoms with E-state index in [1.165, 1.54) is 4.88 Å². The zero-order valence-electron chi connectivity index (χ0n) is 16.3. The number of rotatable bonds is 7. The molecule has 0 radical (unpaired) electrons. The number of nitrogens with one attached hydrogen (secondary N) is 3. The molecule has 0 unspecified atom stereocenters. The van der Waals surface area contributed by atoms with E-state index in [1.807, 2.05) is 18.4 Å². The second-order valence-corrected chi connectivity index (χ2v) is 8.94. The number of anilines is 1. The maximum Gasteiger partial charge on any atom is 0.313 e. The third-order valence-corrected chi connectivity index (χ3v) is 7.01. The second kappa shape index (κ2) is 9.93. The molecule has 1 saturated carbocycles. The lowest BCUT2D eigenvalue weighted by Gasteiger charge is -2.28. The van der Waals surface area contributed by atoms with Gasteiger partial charge in [-0.1, -0.05) is 25.0 Å². The fourth-order valence-corrected chi connectivity index (χ4v) is 5.05. The number of hydrogen-bond donors (Lipinski definition) is 3. The fraction of sp³-hybridized carbons (Fsp3) is 0.381. The van der Waals surface area contributed by atoms with Crippen LogP contribution in [-0.2, 0) is 19.8 Å². The monoisotopic (exact) mass is 431 g/mol. The molecule has 2 aromatic rings. The molecule has 3 amide bonds. The van der Waals surface area contributed by atoms with Gasteiger partial charge in [0.1, 0.15) is 0 Å². The van der Waals surface area contributed by atoms with E-state index in [1.54, 1.807) is 41.3 Å². The highest BCUT2D eigenvalue weighted by atomic mass is 32.2. The van der Waals surface area contributed by atoms with Crippen LogP contribution >= 0.6 is 23.1 Å². The smallest absolute Gasteiger partial charge is 0.313 e. The SMILES string of the molecule is CSc1cccc(NC(=O)C(=O)NCC(=O)NCC2(c3cccs3)CCCC2)c1. The van der Waals surface area contributed by atoms with Gasteiger partial charge in [-0.05, 0) is 48.7 Å². The first kappa shape index (κ1) is 21.4. The van der Waals surface area contributed by atoms with Crippen LogP contribution < -0.4 is 16.0 Å². The Morgan fingerprint density at radius 1 is 1.07 bits per heavy atom. The summed E-state index contributed by atoms with van der Waals surface area (Å²) in [5.74, 6) is -1.91. The Balaban J connectivity index is 1.46. The second-order valence-electron chi connectivity index (χ2n) is 7.11. The molecule has 6 nitrogen and oxygen atoms in total. The molecule has 1 aliphatic carbocycles. The average Bonchev–Trinajstić information content (AvgIpc) is 3.43. The highest BCUT2D eigenvalue weighted by Gasteiger charge is 2.36. The van der Waals surface area contributed by atoms with E-state index in [4.69, 9.17) is 0 Å². The van der Waals surface area contributed by atoms with E-state index in [9.17, 15) is 14.4 Å². The lowest BCUT2D eigenvalue weighted by molar-refractivity contribution is -0.136. The van der Waals surface area contributed by atoms with E-state index in [0.717, 1.165) is 30.6 Å². The standard InChI is InChI=1S/C21H25N3O3S2/c1-28-16-7-4-6-15(12-16)24-20(27)19(26)22-13-18(25)23-14-21(9-2-3-10-21)17-8-5-11-29-17/h4-8,11-12H,2-3,9-10,13-14H2,1H3,(H,22,26)(H,23,25)(H,24,27). The number of benzene rings is 1. The molecule has 0 aliphatic heterocycles. The summed E-state index contributed by atoms with van der Waals surface area (Å²) in [4.78, 5) is 38.5. The van der Waals surface area contributed by atoms with Crippen molar-refractivity contribution in [2.75, 3.05) is 24.7 Å². The van der Waals surface area contributed by atoms with Gasteiger partial charge in [-0.2, -0.15) is 0 Å². The summed E-state index contributed by atoms with van der Waals surface area (Å²) < 4.78 is 0. The molecule has 154 valence electrons. The van der Waals surface area contributed by atoms with Crippen LogP contribution in [0.3, 0.4) is 0 Å². The van der Waals surface area contributed by atoms with Gasteiger partial charge in [0.25, 0.3) is 0 Å². The van der Waals surface area contributed by atoms with Crippen LogP contribution in [0.4, 0.5) is 5.69 Å². The Kier molecular flexibility index (Phi) is 7.33. The van der Waals surface area contributed by atoms with Gasteiger partial charge in [-0.3, -0.25) is 14.4 Å². The van der Waals surface area contributed by atoms with Crippen molar-refractivity contribution < 1.29 is 14.4 Å². The first-order chi connectivity index (χ1) is 14.0. The van der Waals surface area contributed by atoms with Crippen molar-refractivity contribution in [3.05, 3.63) is 46.7 Å². The molecule has 1 aliphatic rings. The number of thiophene rings is 1. The molecule has 1 fully saturated rings. The molecule has 0 bridgehead atoms. The van der Waals surface area contributed by atoms with Crippen LogP contribution in [0.1, 0.15) is 30.6 Å². The maximum atomic E-state index is 12.2. The van der Waals surface area contributed by atoms with Crippen LogP contribution in [0.25, 0.3) is 0 Å². The third-order valence-electron chi connectivity index (χ3n) is 5.17. The summed E-state index contributed by atoms with van der Waals surface area (Å²) in [6.07, 6.45) is 6.35. The van der Waals surface area contributed by atoms with E-state index < -0.39 is 11.8 Å². The van der Waals surface area contributed by atoms with Crippen molar-refractivity contribution in [1.29, 1.82) is 0 Å². The molecule has 3 N–H and O–H groups in total. The van der Waals surface area contributed by atoms with Crippen molar-refractivity contribution in [3.63, 3.8) is 0 Å². The zero-order valence-corrected chi connectivity index (χ0v) is 18.0. The Bertz CT molecular complexity index is 862. The van der Waals surface area contributed by atoms with Gasteiger partial charge in [0.2, 0.25) is 5.91 Å². The maximum absolute atomic E-state index is 12.2. The molecule has 3 rings (SSSR count). The highest BCUT2D eigenvalue weighted by Crippen LogP contribution is 2.42. The average molecular weight is 432 g/mol. The Hall–Kier alpha value is -2.32. The van der Waals surface area contributed by atoms with Crippen molar-refractivity contribution in [2.24, 2.45) is 0 Å². The Morgan fingerprint density at radius 3 is 2.55 bits per heavy atom. The predicted molar refractivity (Wildman–Crippen MR) is 117 cm³/mol. The van der Waals surface area contributed by atoms with Gasteiger partial charge in [0.05, 0.1) is 6.54 Å². The van der Waals surface area contributed by atoms with Gasteiger partial charge >= 0.3 is 11.8 Å². The number of amides is 3. The lowest BCUT2D eigenvalue weighted by Crippen LogP contribution is -2.45. The van der Waals surface area contributed by atoms with Crippen LogP contribution in [0.15, 0.2) is 46.7 Å². The Labute approximate surface area is 178 Å². The summed E-state index contributed by atoms with van der Waals surface area (Å²) in [5, 5.41) is 9.93. The first-order valence-electron chi connectivity index (χ1n) is 9.56. The van der Waals surface area contributed by atoms with Gasteiger partial charge < -0.3 is 16.0 Å². The topological polar surface area (TPSA) is 87.3 Å². The minimum atomic E-state index is -0.830. The molecule has 1 aromatic heterocycles. The molecule has 1 aromatic carbocycles. The molecule has 0 atom stereocenters. The van der Waals surface area contributed by atoms with E-state index in [2.05, 4.69) is 27.4 Å². The van der Waals surface area contributed by atoms with Crippen molar-refractivity contribution in [3.8, 4) is 0 Å². The van der Waals surface area contributed by atoms with Crippen LogP contribution in [0.2, 0.25) is 0 Å². The number of hydrogen-bond acceptors (Lipinski definition) is 5. The molecular formula is C21H25N3O3S2. The summed E-state index contributed by atoms with van der Waals surface area (Å²) in [6, 6.07) is 11.4. The molecule has 29 heavy (non-hydrogen) atoms. The normalized spacial score (nSPS) is 14.9. The predicted octanol–water partition coefficient (Wildman–Crippen LogP) is 3.15. The van der Waals surface area contributed by atoms with Gasteiger partial charge in [0, 0.05) is 27.4 Å². The molecule has 0 saturated heterocycles. The summed E-state index contributed by atoms with van der Waals surface area (Å²) >= 11 is 3.26. The van der Waals surface area contributed by atoms with E-state index in [-0.39, 0.29) is 17.9 Å². The van der Waals surface area contributed by atoms with Crippen molar-refractivity contribution in [2.45, 2.75) is 36.0 Å². The largest absolute Gasteiger partial charge is 0.354 e.